The first-order valence-electron chi connectivity index (χ1n) is 13.5. The van der Waals surface area contributed by atoms with Gasteiger partial charge in [-0.1, -0.05) is 76.3 Å². The molecule has 0 saturated carbocycles. The molecule has 0 heterocycles. The molecular weight excluding hydrogens is 488 g/mol. The van der Waals surface area contributed by atoms with Gasteiger partial charge in [0.05, 0.1) is 43.8 Å². The van der Waals surface area contributed by atoms with Crippen molar-refractivity contribution >= 4 is 34.6 Å². The van der Waals surface area contributed by atoms with E-state index >= 15 is 0 Å². The highest BCUT2D eigenvalue weighted by molar-refractivity contribution is 6.12. The van der Waals surface area contributed by atoms with Crippen LogP contribution in [0.15, 0.2) is 36.4 Å². The van der Waals surface area contributed by atoms with Crippen LogP contribution in [0, 0.1) is 5.92 Å². The second-order valence-electron chi connectivity index (χ2n) is 8.85. The molecule has 38 heavy (non-hydrogen) atoms. The summed E-state index contributed by atoms with van der Waals surface area (Å²) in [5, 5.41) is 10.9. The van der Waals surface area contributed by atoms with E-state index in [1.54, 1.807) is 32.0 Å². The first-order chi connectivity index (χ1) is 18.3. The van der Waals surface area contributed by atoms with E-state index < -0.39 is 11.9 Å². The summed E-state index contributed by atoms with van der Waals surface area (Å²) in [6.45, 7) is 8.76. The molecule has 0 radical (unpaired) electrons. The molecule has 2 aromatic rings. The minimum atomic E-state index is -1.12. The van der Waals surface area contributed by atoms with Crippen molar-refractivity contribution in [1.82, 2.24) is 0 Å². The van der Waals surface area contributed by atoms with Crippen LogP contribution in [0.5, 0.6) is 0 Å². The number of rotatable bonds is 15. The Hall–Kier alpha value is -3.42. The fraction of sp³-hybridized carbons (Fsp3) is 0.533. The molecule has 2 rings (SSSR count). The van der Waals surface area contributed by atoms with E-state index in [0.29, 0.717) is 31.1 Å². The van der Waals surface area contributed by atoms with Crippen LogP contribution in [0.3, 0.4) is 0 Å². The normalized spacial score (nSPS) is 11.2. The number of fused-ring (bicyclic) bond motifs is 1. The summed E-state index contributed by atoms with van der Waals surface area (Å²) >= 11 is 0. The van der Waals surface area contributed by atoms with Crippen LogP contribution in [0.25, 0.3) is 10.8 Å². The van der Waals surface area contributed by atoms with Gasteiger partial charge in [0.1, 0.15) is 0 Å². The Morgan fingerprint density at radius 2 is 1.42 bits per heavy atom. The molecule has 0 aliphatic heterocycles. The predicted molar refractivity (Wildman–Crippen MR) is 146 cm³/mol. The van der Waals surface area contributed by atoms with Crippen molar-refractivity contribution in [2.24, 2.45) is 5.92 Å². The number of benzene rings is 2. The number of hydrogen-bond donors (Lipinski definition) is 1. The van der Waals surface area contributed by atoms with Crippen molar-refractivity contribution in [2.75, 3.05) is 19.8 Å². The molecule has 1 N–H and O–H groups in total. The van der Waals surface area contributed by atoms with Crippen LogP contribution in [0.4, 0.5) is 0 Å². The summed E-state index contributed by atoms with van der Waals surface area (Å²) in [5.41, 5.74) is 0.140. The molecule has 0 fully saturated rings. The highest BCUT2D eigenvalue weighted by atomic mass is 16.5. The Morgan fingerprint density at radius 3 is 1.97 bits per heavy atom. The maximum Gasteiger partial charge on any atom is 0.339 e. The van der Waals surface area contributed by atoms with E-state index in [9.17, 15) is 24.3 Å². The third kappa shape index (κ3) is 11.8. The number of carboxylic acid groups (broad SMARTS) is 1. The molecule has 8 nitrogen and oxygen atoms in total. The Labute approximate surface area is 225 Å². The van der Waals surface area contributed by atoms with Gasteiger partial charge in [0.15, 0.2) is 0 Å². The summed E-state index contributed by atoms with van der Waals surface area (Å²) < 4.78 is 14.8. The number of ether oxygens (including phenoxy) is 3. The van der Waals surface area contributed by atoms with Gasteiger partial charge < -0.3 is 19.3 Å². The van der Waals surface area contributed by atoms with Gasteiger partial charge in [-0.25, -0.2) is 9.59 Å². The molecule has 0 aliphatic rings. The van der Waals surface area contributed by atoms with Gasteiger partial charge in [-0.05, 0) is 43.0 Å². The number of carbonyl (C=O) groups excluding carboxylic acids is 3. The fourth-order valence-electron chi connectivity index (χ4n) is 3.87. The molecule has 1 atom stereocenters. The van der Waals surface area contributed by atoms with Crippen molar-refractivity contribution in [1.29, 1.82) is 0 Å². The van der Waals surface area contributed by atoms with Crippen LogP contribution >= 0.6 is 0 Å². The van der Waals surface area contributed by atoms with Gasteiger partial charge in [-0.15, -0.1) is 0 Å². The maximum absolute atomic E-state index is 12.7. The zero-order valence-corrected chi connectivity index (χ0v) is 23.1. The molecular formula is C30H42O8. The molecule has 2 aromatic carbocycles. The molecule has 8 heteroatoms. The lowest BCUT2D eigenvalue weighted by atomic mass is 9.98. The molecule has 0 aliphatic carbocycles. The third-order valence-electron chi connectivity index (χ3n) is 6.00. The van der Waals surface area contributed by atoms with E-state index in [-0.39, 0.29) is 35.9 Å². The van der Waals surface area contributed by atoms with E-state index in [0.717, 1.165) is 24.6 Å². The fourth-order valence-corrected chi connectivity index (χ4v) is 3.87. The van der Waals surface area contributed by atoms with Gasteiger partial charge in [0.2, 0.25) is 0 Å². The van der Waals surface area contributed by atoms with Crippen LogP contribution < -0.4 is 0 Å². The third-order valence-corrected chi connectivity index (χ3v) is 6.00. The Kier molecular flexibility index (Phi) is 16.1. The van der Waals surface area contributed by atoms with Crippen molar-refractivity contribution < 1.29 is 38.5 Å². The summed E-state index contributed by atoms with van der Waals surface area (Å²) in [5.74, 6) is -2.06. The topological polar surface area (TPSA) is 116 Å². The molecule has 0 spiro atoms. The first-order valence-corrected chi connectivity index (χ1v) is 13.5. The van der Waals surface area contributed by atoms with E-state index in [2.05, 4.69) is 23.3 Å². The lowest BCUT2D eigenvalue weighted by Gasteiger charge is -2.16. The summed E-state index contributed by atoms with van der Waals surface area (Å²) in [4.78, 5) is 45.7. The maximum atomic E-state index is 12.7. The number of carboxylic acids is 1. The van der Waals surface area contributed by atoms with Gasteiger partial charge in [0, 0.05) is 0 Å². The van der Waals surface area contributed by atoms with Gasteiger partial charge in [0.25, 0.3) is 0 Å². The number of esters is 3. The second-order valence-corrected chi connectivity index (χ2v) is 8.85. The highest BCUT2D eigenvalue weighted by Crippen LogP contribution is 2.24. The molecule has 0 bridgehead atoms. The predicted octanol–water partition coefficient (Wildman–Crippen LogP) is 6.58. The van der Waals surface area contributed by atoms with E-state index in [1.165, 1.54) is 25.3 Å². The standard InChI is InChI=1S/C22H28O4.C8H14O4/c1-3-5-6-7-10-16(4-2)15-26-22(25)20-18-12-9-8-11-17(18)13-14-19(20)21(23)24;1-3-11-7(9)5-6-8(10)12-4-2/h8-9,11-14,16H,3-7,10,15H2,1-2H3,(H,23,24);3-6H2,1-2H3. The second kappa shape index (κ2) is 18.8. The summed E-state index contributed by atoms with van der Waals surface area (Å²) in [7, 11) is 0. The highest BCUT2D eigenvalue weighted by Gasteiger charge is 2.22. The van der Waals surface area contributed by atoms with Crippen LogP contribution in [-0.2, 0) is 23.8 Å². The Bertz CT molecular complexity index is 1010. The number of hydrogen-bond acceptors (Lipinski definition) is 7. The molecule has 1 unspecified atom stereocenters. The minimum absolute atomic E-state index is 0.00954. The summed E-state index contributed by atoms with van der Waals surface area (Å²) in [6, 6.07) is 10.5. The van der Waals surface area contributed by atoms with Gasteiger partial charge in [-0.2, -0.15) is 0 Å². The van der Waals surface area contributed by atoms with Crippen LogP contribution in [0.1, 0.15) is 99.8 Å². The Balaban J connectivity index is 0.000000508. The zero-order valence-electron chi connectivity index (χ0n) is 23.1. The van der Waals surface area contributed by atoms with Crippen molar-refractivity contribution in [3.63, 3.8) is 0 Å². The van der Waals surface area contributed by atoms with E-state index in [1.807, 2.05) is 12.1 Å². The zero-order chi connectivity index (χ0) is 28.3. The lowest BCUT2D eigenvalue weighted by Crippen LogP contribution is -2.17. The van der Waals surface area contributed by atoms with Crippen LogP contribution in [0.2, 0.25) is 0 Å². The average molecular weight is 531 g/mol. The van der Waals surface area contributed by atoms with Crippen molar-refractivity contribution in [2.45, 2.75) is 79.1 Å². The number of unbranched alkanes of at least 4 members (excludes halogenated alkanes) is 3. The van der Waals surface area contributed by atoms with Crippen molar-refractivity contribution in [3.8, 4) is 0 Å². The van der Waals surface area contributed by atoms with Gasteiger partial charge >= 0.3 is 23.9 Å². The monoisotopic (exact) mass is 530 g/mol. The molecule has 0 amide bonds. The average Bonchev–Trinajstić information content (AvgIpc) is 2.91. The Morgan fingerprint density at radius 1 is 0.789 bits per heavy atom. The molecule has 0 aromatic heterocycles. The molecule has 0 saturated heterocycles. The minimum Gasteiger partial charge on any atom is -0.478 e. The molecule has 210 valence electrons. The largest absolute Gasteiger partial charge is 0.478 e. The first kappa shape index (κ1) is 32.6. The SMILES string of the molecule is CCCCCCC(CC)COC(=O)c1c(C(=O)O)ccc2ccccc12.CCOC(=O)CCC(=O)OCC. The van der Waals surface area contributed by atoms with Crippen LogP contribution in [-0.4, -0.2) is 48.8 Å². The number of carbonyl (C=O) groups is 4. The van der Waals surface area contributed by atoms with Crippen molar-refractivity contribution in [3.05, 3.63) is 47.5 Å². The smallest absolute Gasteiger partial charge is 0.339 e. The van der Waals surface area contributed by atoms with E-state index in [4.69, 9.17) is 4.74 Å². The lowest BCUT2D eigenvalue weighted by molar-refractivity contribution is -0.149. The van der Waals surface area contributed by atoms with Gasteiger partial charge in [-0.3, -0.25) is 9.59 Å². The summed E-state index contributed by atoms with van der Waals surface area (Å²) in [6.07, 6.45) is 6.95. The quantitative estimate of drug-likeness (QED) is 0.156. The number of aromatic carboxylic acids is 1.